The van der Waals surface area contributed by atoms with Gasteiger partial charge >= 0.3 is 6.18 Å². The highest BCUT2D eigenvalue weighted by Crippen LogP contribution is 2.36. The van der Waals surface area contributed by atoms with Crippen LogP contribution in [0.25, 0.3) is 16.9 Å². The quantitative estimate of drug-likeness (QED) is 0.434. The molecular weight excluding hydrogens is 445 g/mol. The molecule has 0 bridgehead atoms. The van der Waals surface area contributed by atoms with E-state index >= 15 is 0 Å². The van der Waals surface area contributed by atoms with E-state index in [0.29, 0.717) is 23.1 Å². The van der Waals surface area contributed by atoms with E-state index in [0.717, 1.165) is 37.4 Å². The van der Waals surface area contributed by atoms with Crippen LogP contribution in [-0.4, -0.2) is 30.5 Å². The summed E-state index contributed by atoms with van der Waals surface area (Å²) >= 11 is 0. The van der Waals surface area contributed by atoms with E-state index in [1.807, 2.05) is 0 Å². The average molecular weight is 466 g/mol. The number of carbonyl (C=O) groups excluding carboxylic acids is 1. The van der Waals surface area contributed by atoms with Crippen LogP contribution in [0.15, 0.2) is 48.8 Å². The number of fused-ring (bicyclic) bond motifs is 1. The molecule has 4 aromatic rings. The molecule has 3 heterocycles. The molecule has 1 aromatic carbocycles. The number of aromatic nitrogens is 5. The van der Waals surface area contributed by atoms with Crippen molar-refractivity contribution in [2.75, 3.05) is 5.32 Å². The van der Waals surface area contributed by atoms with Gasteiger partial charge < -0.3 is 5.32 Å². The van der Waals surface area contributed by atoms with Crippen molar-refractivity contribution in [3.8, 4) is 11.3 Å². The predicted octanol–water partition coefficient (Wildman–Crippen LogP) is 5.42. The summed E-state index contributed by atoms with van der Waals surface area (Å²) in [6.07, 6.45) is 1.31. The maximum absolute atomic E-state index is 13.5. The Morgan fingerprint density at radius 1 is 1.09 bits per heavy atom. The highest BCUT2D eigenvalue weighted by molar-refractivity contribution is 6.03. The number of anilines is 1. The van der Waals surface area contributed by atoms with Gasteiger partial charge in [-0.05, 0) is 38.0 Å². The van der Waals surface area contributed by atoms with Crippen LogP contribution in [0, 0.1) is 6.92 Å². The van der Waals surface area contributed by atoms with Crippen molar-refractivity contribution in [1.82, 2.24) is 24.6 Å². The van der Waals surface area contributed by atoms with E-state index in [1.165, 1.54) is 35.1 Å². The van der Waals surface area contributed by atoms with Crippen molar-refractivity contribution in [2.45, 2.75) is 44.7 Å². The van der Waals surface area contributed by atoms with Crippen LogP contribution in [0.2, 0.25) is 0 Å². The summed E-state index contributed by atoms with van der Waals surface area (Å²) in [4.78, 5) is 26.0. The van der Waals surface area contributed by atoms with E-state index in [1.54, 1.807) is 19.1 Å². The van der Waals surface area contributed by atoms with Crippen LogP contribution < -0.4 is 5.32 Å². The number of amides is 1. The third-order valence-electron chi connectivity index (χ3n) is 6.08. The number of aryl methyl sites for hydroxylation is 1. The van der Waals surface area contributed by atoms with Crippen LogP contribution in [-0.2, 0) is 6.18 Å². The van der Waals surface area contributed by atoms with Crippen LogP contribution in [0.4, 0.5) is 19.0 Å². The van der Waals surface area contributed by atoms with Gasteiger partial charge in [-0.2, -0.15) is 18.3 Å². The van der Waals surface area contributed by atoms with Gasteiger partial charge in [0, 0.05) is 23.2 Å². The second-order valence-electron chi connectivity index (χ2n) is 8.34. The standard InChI is InChI=1S/C24H21F3N6O/c1-14-22(23(34)31-20-12-19(28-13-29-20)15-6-2-3-7-15)33-21(30-14)11-10-18(32-33)16-8-4-5-9-17(16)24(25,26)27/h4-5,8-13,15H,2-3,6-7H2,1H3,(H,28,29,31,34). The summed E-state index contributed by atoms with van der Waals surface area (Å²) in [5.74, 6) is 0.207. The average Bonchev–Trinajstić information content (AvgIpc) is 3.45. The lowest BCUT2D eigenvalue weighted by molar-refractivity contribution is -0.137. The fraction of sp³-hybridized carbons (Fsp3) is 0.292. The van der Waals surface area contributed by atoms with Crippen molar-refractivity contribution in [2.24, 2.45) is 0 Å². The zero-order chi connectivity index (χ0) is 23.9. The van der Waals surface area contributed by atoms with Crippen molar-refractivity contribution >= 4 is 17.4 Å². The van der Waals surface area contributed by atoms with Crippen LogP contribution >= 0.6 is 0 Å². The Labute approximate surface area is 193 Å². The number of hydrogen-bond acceptors (Lipinski definition) is 5. The molecule has 0 radical (unpaired) electrons. The first kappa shape index (κ1) is 22.0. The summed E-state index contributed by atoms with van der Waals surface area (Å²) in [7, 11) is 0. The highest BCUT2D eigenvalue weighted by atomic mass is 19.4. The molecule has 1 saturated carbocycles. The number of halogens is 3. The summed E-state index contributed by atoms with van der Waals surface area (Å²) < 4.78 is 41.8. The molecule has 7 nitrogen and oxygen atoms in total. The Morgan fingerprint density at radius 3 is 2.62 bits per heavy atom. The van der Waals surface area contributed by atoms with Gasteiger partial charge in [0.25, 0.3) is 5.91 Å². The van der Waals surface area contributed by atoms with E-state index < -0.39 is 17.6 Å². The summed E-state index contributed by atoms with van der Waals surface area (Å²) in [6, 6.07) is 9.98. The molecular formula is C24H21F3N6O. The number of rotatable bonds is 4. The Kier molecular flexibility index (Phi) is 5.51. The van der Waals surface area contributed by atoms with Gasteiger partial charge in [-0.1, -0.05) is 31.0 Å². The van der Waals surface area contributed by atoms with Gasteiger partial charge in [0.05, 0.1) is 17.0 Å². The van der Waals surface area contributed by atoms with Crippen molar-refractivity contribution in [3.05, 3.63) is 71.4 Å². The number of alkyl halides is 3. The summed E-state index contributed by atoms with van der Waals surface area (Å²) in [5, 5.41) is 7.11. The zero-order valence-corrected chi connectivity index (χ0v) is 18.3. The number of imidazole rings is 1. The molecule has 10 heteroatoms. The minimum Gasteiger partial charge on any atom is -0.305 e. The lowest BCUT2D eigenvalue weighted by atomic mass is 10.0. The number of hydrogen-bond donors (Lipinski definition) is 1. The number of nitrogens with zero attached hydrogens (tertiary/aromatic N) is 5. The first-order valence-electron chi connectivity index (χ1n) is 11.0. The molecule has 1 aliphatic carbocycles. The molecule has 1 fully saturated rings. The lowest BCUT2D eigenvalue weighted by Crippen LogP contribution is -2.18. The number of carbonyl (C=O) groups is 1. The molecule has 1 N–H and O–H groups in total. The van der Waals surface area contributed by atoms with E-state index in [4.69, 9.17) is 0 Å². The zero-order valence-electron chi connectivity index (χ0n) is 18.3. The molecule has 3 aromatic heterocycles. The summed E-state index contributed by atoms with van der Waals surface area (Å²) in [5.41, 5.74) is 0.972. The number of benzene rings is 1. The van der Waals surface area contributed by atoms with Crippen molar-refractivity contribution in [3.63, 3.8) is 0 Å². The maximum atomic E-state index is 13.5. The van der Waals surface area contributed by atoms with Gasteiger partial charge in [0.15, 0.2) is 11.3 Å². The smallest absolute Gasteiger partial charge is 0.305 e. The molecule has 34 heavy (non-hydrogen) atoms. The third-order valence-corrected chi connectivity index (χ3v) is 6.08. The van der Waals surface area contributed by atoms with E-state index in [2.05, 4.69) is 25.4 Å². The second-order valence-corrected chi connectivity index (χ2v) is 8.34. The van der Waals surface area contributed by atoms with Crippen LogP contribution in [0.1, 0.15) is 59.0 Å². The molecule has 5 rings (SSSR count). The van der Waals surface area contributed by atoms with Gasteiger partial charge in [-0.3, -0.25) is 4.79 Å². The minimum atomic E-state index is -4.54. The normalized spacial score (nSPS) is 14.6. The third kappa shape index (κ3) is 4.11. The van der Waals surface area contributed by atoms with E-state index in [9.17, 15) is 18.0 Å². The van der Waals surface area contributed by atoms with Crippen LogP contribution in [0.5, 0.6) is 0 Å². The first-order valence-corrected chi connectivity index (χ1v) is 11.0. The monoisotopic (exact) mass is 466 g/mol. The minimum absolute atomic E-state index is 0.0772. The Hall–Kier alpha value is -3.82. The molecule has 0 unspecified atom stereocenters. The fourth-order valence-electron chi connectivity index (χ4n) is 4.46. The maximum Gasteiger partial charge on any atom is 0.417 e. The van der Waals surface area contributed by atoms with Gasteiger partial charge in [-0.15, -0.1) is 0 Å². The largest absolute Gasteiger partial charge is 0.417 e. The first-order chi connectivity index (χ1) is 16.3. The Morgan fingerprint density at radius 2 is 1.85 bits per heavy atom. The topological polar surface area (TPSA) is 85.1 Å². The van der Waals surface area contributed by atoms with Gasteiger partial charge in [0.2, 0.25) is 0 Å². The van der Waals surface area contributed by atoms with Crippen molar-refractivity contribution < 1.29 is 18.0 Å². The molecule has 1 amide bonds. The Bertz CT molecular complexity index is 1370. The highest BCUT2D eigenvalue weighted by Gasteiger charge is 2.34. The second kappa shape index (κ2) is 8.51. The van der Waals surface area contributed by atoms with E-state index in [-0.39, 0.29) is 17.0 Å². The molecule has 1 aliphatic rings. The number of nitrogens with one attached hydrogen (secondary N) is 1. The lowest BCUT2D eigenvalue weighted by Gasteiger charge is -2.12. The molecule has 174 valence electrons. The fourth-order valence-corrected chi connectivity index (χ4v) is 4.46. The molecule has 0 saturated heterocycles. The SMILES string of the molecule is Cc1nc2ccc(-c3ccccc3C(F)(F)F)nn2c1C(=O)Nc1cc(C2CCCC2)ncn1. The molecule has 0 aliphatic heterocycles. The van der Waals surface area contributed by atoms with Gasteiger partial charge in [-0.25, -0.2) is 19.5 Å². The Balaban J connectivity index is 1.51. The van der Waals surface area contributed by atoms with Crippen LogP contribution in [0.3, 0.4) is 0 Å². The molecule has 0 atom stereocenters. The molecule has 0 spiro atoms. The van der Waals surface area contributed by atoms with Gasteiger partial charge in [0.1, 0.15) is 12.1 Å². The predicted molar refractivity (Wildman–Crippen MR) is 119 cm³/mol. The van der Waals surface area contributed by atoms with Crippen molar-refractivity contribution in [1.29, 1.82) is 0 Å². The summed E-state index contributed by atoms with van der Waals surface area (Å²) in [6.45, 7) is 1.65.